The number of rotatable bonds is 6. The maximum atomic E-state index is 12.2. The van der Waals surface area contributed by atoms with Crippen LogP contribution in [0.5, 0.6) is 11.5 Å². The van der Waals surface area contributed by atoms with Crippen LogP contribution in [0.25, 0.3) is 0 Å². The maximum Gasteiger partial charge on any atom is 0.233 e. The van der Waals surface area contributed by atoms with Gasteiger partial charge >= 0.3 is 0 Å². The third kappa shape index (κ3) is 4.76. The van der Waals surface area contributed by atoms with Gasteiger partial charge in [0.2, 0.25) is 5.91 Å². The van der Waals surface area contributed by atoms with Gasteiger partial charge in [-0.05, 0) is 37.1 Å². The molecule has 0 bridgehead atoms. The fourth-order valence-corrected chi connectivity index (χ4v) is 3.38. The number of thioether (sulfide) groups is 1. The van der Waals surface area contributed by atoms with Crippen LogP contribution in [-0.4, -0.2) is 40.9 Å². The number of fused-ring (bicyclic) bond motifs is 1. The molecule has 1 atom stereocenters. The molecule has 0 saturated heterocycles. The van der Waals surface area contributed by atoms with E-state index in [1.165, 1.54) is 11.8 Å². The fraction of sp³-hybridized carbons (Fsp3) is 0.353. The Kier molecular flexibility index (Phi) is 5.99. The number of carbonyl (C=O) groups excluding carboxylic acids is 1. The van der Waals surface area contributed by atoms with Crippen molar-refractivity contribution in [3.63, 3.8) is 0 Å². The monoisotopic (exact) mass is 379 g/mol. The number of hydrogen-bond acceptors (Lipinski definition) is 6. The van der Waals surface area contributed by atoms with Gasteiger partial charge in [0.05, 0.1) is 10.3 Å². The van der Waals surface area contributed by atoms with Crippen LogP contribution >= 0.6 is 23.4 Å². The van der Waals surface area contributed by atoms with Crippen molar-refractivity contribution in [1.82, 2.24) is 15.3 Å². The summed E-state index contributed by atoms with van der Waals surface area (Å²) in [4.78, 5) is 20.4. The summed E-state index contributed by atoms with van der Waals surface area (Å²) in [6.45, 7) is 3.36. The zero-order valence-corrected chi connectivity index (χ0v) is 15.3. The fourth-order valence-electron chi connectivity index (χ4n) is 2.34. The van der Waals surface area contributed by atoms with E-state index in [4.69, 9.17) is 21.1 Å². The number of amides is 1. The number of nitrogens with one attached hydrogen (secondary N) is 1. The van der Waals surface area contributed by atoms with E-state index in [9.17, 15) is 4.79 Å². The van der Waals surface area contributed by atoms with E-state index in [0.717, 1.165) is 5.56 Å². The predicted octanol–water partition coefficient (Wildman–Crippen LogP) is 2.74. The van der Waals surface area contributed by atoms with Crippen molar-refractivity contribution in [3.05, 3.63) is 41.2 Å². The number of hydrogen-bond donors (Lipinski definition) is 1. The van der Waals surface area contributed by atoms with Crippen molar-refractivity contribution in [1.29, 1.82) is 0 Å². The minimum Gasteiger partial charge on any atom is -0.486 e. The lowest BCUT2D eigenvalue weighted by molar-refractivity contribution is -0.120. The van der Waals surface area contributed by atoms with Crippen LogP contribution in [0, 0.1) is 0 Å². The van der Waals surface area contributed by atoms with Crippen molar-refractivity contribution in [2.45, 2.75) is 23.8 Å². The SMILES string of the molecule is C[C@H](Sc1ncccn1)C(=O)NCCc1cc(Cl)c2c(c1)OCCO2. The highest BCUT2D eigenvalue weighted by Gasteiger charge is 2.18. The molecule has 0 spiro atoms. The van der Waals surface area contributed by atoms with Gasteiger partial charge in [-0.25, -0.2) is 9.97 Å². The summed E-state index contributed by atoms with van der Waals surface area (Å²) in [5.74, 6) is 1.19. The second-order valence-electron chi connectivity index (χ2n) is 5.43. The predicted molar refractivity (Wildman–Crippen MR) is 96.5 cm³/mol. The van der Waals surface area contributed by atoms with E-state index in [0.29, 0.717) is 47.9 Å². The van der Waals surface area contributed by atoms with E-state index in [1.807, 2.05) is 19.1 Å². The molecule has 132 valence electrons. The number of aromatic nitrogens is 2. The first-order valence-electron chi connectivity index (χ1n) is 7.93. The molecule has 0 fully saturated rings. The van der Waals surface area contributed by atoms with Gasteiger partial charge < -0.3 is 14.8 Å². The van der Waals surface area contributed by atoms with Gasteiger partial charge in [0.15, 0.2) is 16.7 Å². The molecule has 1 aromatic carbocycles. The lowest BCUT2D eigenvalue weighted by Gasteiger charge is -2.20. The molecule has 1 aliphatic heterocycles. The molecular weight excluding hydrogens is 362 g/mol. The molecule has 1 amide bonds. The maximum absolute atomic E-state index is 12.2. The zero-order valence-electron chi connectivity index (χ0n) is 13.7. The first-order valence-corrected chi connectivity index (χ1v) is 9.18. The minimum absolute atomic E-state index is 0.0545. The summed E-state index contributed by atoms with van der Waals surface area (Å²) in [6.07, 6.45) is 3.97. The average Bonchev–Trinajstić information content (AvgIpc) is 2.62. The summed E-state index contributed by atoms with van der Waals surface area (Å²) < 4.78 is 11.1. The van der Waals surface area contributed by atoms with Gasteiger partial charge in [0.1, 0.15) is 13.2 Å². The topological polar surface area (TPSA) is 73.3 Å². The van der Waals surface area contributed by atoms with Crippen molar-refractivity contribution >= 4 is 29.3 Å². The number of ether oxygens (including phenoxy) is 2. The lowest BCUT2D eigenvalue weighted by atomic mass is 10.1. The van der Waals surface area contributed by atoms with Crippen LogP contribution in [0.15, 0.2) is 35.7 Å². The van der Waals surface area contributed by atoms with E-state index in [-0.39, 0.29) is 11.2 Å². The average molecular weight is 380 g/mol. The first kappa shape index (κ1) is 17.8. The smallest absolute Gasteiger partial charge is 0.233 e. The second-order valence-corrected chi connectivity index (χ2v) is 7.15. The Morgan fingerprint density at radius 1 is 1.32 bits per heavy atom. The highest BCUT2D eigenvalue weighted by molar-refractivity contribution is 8.00. The van der Waals surface area contributed by atoms with Crippen LogP contribution in [0.3, 0.4) is 0 Å². The van der Waals surface area contributed by atoms with Crippen molar-refractivity contribution in [3.8, 4) is 11.5 Å². The molecular formula is C17H18ClN3O3S. The van der Waals surface area contributed by atoms with Gasteiger partial charge in [-0.1, -0.05) is 23.4 Å². The third-order valence-electron chi connectivity index (χ3n) is 3.56. The number of halogens is 1. The molecule has 0 saturated carbocycles. The van der Waals surface area contributed by atoms with E-state index >= 15 is 0 Å². The Bertz CT molecular complexity index is 745. The summed E-state index contributed by atoms with van der Waals surface area (Å²) in [5, 5.41) is 3.77. The molecule has 3 rings (SSSR count). The van der Waals surface area contributed by atoms with E-state index in [2.05, 4.69) is 15.3 Å². The van der Waals surface area contributed by atoms with Crippen LogP contribution in [0.1, 0.15) is 12.5 Å². The zero-order chi connectivity index (χ0) is 17.6. The van der Waals surface area contributed by atoms with Crippen LogP contribution in [-0.2, 0) is 11.2 Å². The molecule has 2 heterocycles. The molecule has 8 heteroatoms. The molecule has 6 nitrogen and oxygen atoms in total. The summed E-state index contributed by atoms with van der Waals surface area (Å²) in [6, 6.07) is 5.49. The quantitative estimate of drug-likeness (QED) is 0.614. The van der Waals surface area contributed by atoms with Gasteiger partial charge in [-0.2, -0.15) is 0 Å². The van der Waals surface area contributed by atoms with E-state index < -0.39 is 0 Å². The second kappa shape index (κ2) is 8.40. The Morgan fingerprint density at radius 2 is 2.08 bits per heavy atom. The van der Waals surface area contributed by atoms with Crippen molar-refractivity contribution in [2.75, 3.05) is 19.8 Å². The standard InChI is InChI=1S/C17H18ClN3O3S/c1-11(25-17-20-4-2-5-21-17)16(22)19-6-3-12-9-13(18)15-14(10-12)23-7-8-24-15/h2,4-5,9-11H,3,6-8H2,1H3,(H,19,22)/t11-/m0/s1. The van der Waals surface area contributed by atoms with Gasteiger partial charge in [0.25, 0.3) is 0 Å². The van der Waals surface area contributed by atoms with Crippen molar-refractivity contribution < 1.29 is 14.3 Å². The summed E-state index contributed by atoms with van der Waals surface area (Å²) in [7, 11) is 0. The highest BCUT2D eigenvalue weighted by Crippen LogP contribution is 2.38. The minimum atomic E-state index is -0.272. The van der Waals surface area contributed by atoms with Crippen LogP contribution in [0.2, 0.25) is 5.02 Å². The number of benzene rings is 1. The Hall–Kier alpha value is -1.99. The van der Waals surface area contributed by atoms with Crippen molar-refractivity contribution in [2.24, 2.45) is 0 Å². The molecule has 1 N–H and O–H groups in total. The van der Waals surface area contributed by atoms with Gasteiger partial charge in [-0.15, -0.1) is 0 Å². The highest BCUT2D eigenvalue weighted by atomic mass is 35.5. The van der Waals surface area contributed by atoms with E-state index in [1.54, 1.807) is 18.5 Å². The third-order valence-corrected chi connectivity index (χ3v) is 4.83. The first-order chi connectivity index (χ1) is 12.1. The summed E-state index contributed by atoms with van der Waals surface area (Å²) in [5.41, 5.74) is 0.987. The largest absolute Gasteiger partial charge is 0.486 e. The Balaban J connectivity index is 1.50. The molecule has 1 aromatic heterocycles. The number of nitrogens with zero attached hydrogens (tertiary/aromatic N) is 2. The van der Waals surface area contributed by atoms with Crippen LogP contribution in [0.4, 0.5) is 0 Å². The lowest BCUT2D eigenvalue weighted by Crippen LogP contribution is -2.32. The number of carbonyl (C=O) groups is 1. The Morgan fingerprint density at radius 3 is 2.88 bits per heavy atom. The van der Waals surface area contributed by atoms with Gasteiger partial charge in [0, 0.05) is 18.9 Å². The molecule has 0 radical (unpaired) electrons. The molecule has 0 aliphatic carbocycles. The molecule has 25 heavy (non-hydrogen) atoms. The normalized spacial score (nSPS) is 14.0. The Labute approximate surface area is 155 Å². The molecule has 2 aromatic rings. The molecule has 1 aliphatic rings. The summed E-state index contributed by atoms with van der Waals surface area (Å²) >= 11 is 7.55. The molecule has 0 unspecified atom stereocenters. The van der Waals surface area contributed by atoms with Crippen LogP contribution < -0.4 is 14.8 Å². The van der Waals surface area contributed by atoms with Gasteiger partial charge in [-0.3, -0.25) is 4.79 Å².